The monoisotopic (exact) mass is 383 g/mol. The van der Waals surface area contributed by atoms with Gasteiger partial charge in [0.2, 0.25) is 0 Å². The van der Waals surface area contributed by atoms with Crippen LogP contribution in [-0.2, 0) is 14.3 Å². The van der Waals surface area contributed by atoms with Crippen molar-refractivity contribution in [3.8, 4) is 0 Å². The van der Waals surface area contributed by atoms with E-state index in [-0.39, 0.29) is 6.42 Å². The van der Waals surface area contributed by atoms with Crippen LogP contribution in [0.1, 0.15) is 13.3 Å². The van der Waals surface area contributed by atoms with Crippen LogP contribution in [0.15, 0.2) is 47.4 Å². The van der Waals surface area contributed by atoms with Gasteiger partial charge in [-0.3, -0.25) is 9.59 Å². The fraction of sp³-hybridized carbons (Fsp3) is 0.222. The number of carbonyl (C=O) groups is 2. The molecule has 1 amide bonds. The second-order valence-electron chi connectivity index (χ2n) is 5.26. The molecule has 0 aliphatic carbocycles. The molecule has 0 saturated carbocycles. The predicted octanol–water partition coefficient (Wildman–Crippen LogP) is 4.16. The topological polar surface area (TPSA) is 55.4 Å². The second-order valence-corrected chi connectivity index (χ2v) is 6.42. The molecule has 4 nitrogen and oxygen atoms in total. The molecule has 0 spiro atoms. The minimum atomic E-state index is -1.69. The predicted molar refractivity (Wildman–Crippen MR) is 92.3 cm³/mol. The summed E-state index contributed by atoms with van der Waals surface area (Å²) < 4.78 is 44.5. The van der Waals surface area contributed by atoms with E-state index in [1.807, 2.05) is 30.3 Å². The number of anilines is 1. The Morgan fingerprint density at radius 1 is 1.08 bits per heavy atom. The molecule has 1 N–H and O–H groups in total. The molecule has 2 rings (SSSR count). The molecule has 0 bridgehead atoms. The van der Waals surface area contributed by atoms with Crippen LogP contribution in [0.5, 0.6) is 0 Å². The molecule has 0 fully saturated rings. The zero-order valence-electron chi connectivity index (χ0n) is 13.8. The first-order valence-electron chi connectivity index (χ1n) is 7.70. The van der Waals surface area contributed by atoms with E-state index >= 15 is 0 Å². The number of thioether (sulfide) groups is 1. The van der Waals surface area contributed by atoms with Gasteiger partial charge in [-0.15, -0.1) is 11.8 Å². The van der Waals surface area contributed by atoms with Crippen LogP contribution in [0.4, 0.5) is 18.9 Å². The third-order valence-electron chi connectivity index (χ3n) is 3.29. The number of esters is 1. The summed E-state index contributed by atoms with van der Waals surface area (Å²) >= 11 is 1.46. The summed E-state index contributed by atoms with van der Waals surface area (Å²) in [5, 5.41) is 2.06. The molecule has 8 heteroatoms. The van der Waals surface area contributed by atoms with Crippen molar-refractivity contribution in [3.05, 3.63) is 59.9 Å². The first-order valence-corrected chi connectivity index (χ1v) is 8.68. The van der Waals surface area contributed by atoms with Crippen molar-refractivity contribution in [2.24, 2.45) is 0 Å². The van der Waals surface area contributed by atoms with Gasteiger partial charge in [-0.1, -0.05) is 18.2 Å². The SMILES string of the molecule is C[C@H](OC(=O)CCSc1ccccc1)C(=O)Nc1ccc(F)c(F)c1F. The Kier molecular flexibility index (Phi) is 7.08. The zero-order chi connectivity index (χ0) is 19.1. The normalized spacial score (nSPS) is 11.7. The molecule has 0 heterocycles. The van der Waals surface area contributed by atoms with Gasteiger partial charge in [0.15, 0.2) is 23.6 Å². The lowest BCUT2D eigenvalue weighted by atomic mass is 10.2. The zero-order valence-corrected chi connectivity index (χ0v) is 14.6. The molecule has 0 radical (unpaired) electrons. The molecule has 138 valence electrons. The van der Waals surface area contributed by atoms with Gasteiger partial charge >= 0.3 is 5.97 Å². The smallest absolute Gasteiger partial charge is 0.307 e. The molecule has 2 aromatic carbocycles. The maximum Gasteiger partial charge on any atom is 0.307 e. The van der Waals surface area contributed by atoms with E-state index in [1.54, 1.807) is 0 Å². The van der Waals surface area contributed by atoms with Gasteiger partial charge < -0.3 is 10.1 Å². The lowest BCUT2D eigenvalue weighted by molar-refractivity contribution is -0.152. The molecular weight excluding hydrogens is 367 g/mol. The van der Waals surface area contributed by atoms with Crippen molar-refractivity contribution < 1.29 is 27.5 Å². The fourth-order valence-corrected chi connectivity index (χ4v) is 2.79. The Hall–Kier alpha value is -2.48. The van der Waals surface area contributed by atoms with E-state index in [1.165, 1.54) is 18.7 Å². The molecule has 1 atom stereocenters. The Balaban J connectivity index is 1.81. The number of amides is 1. The van der Waals surface area contributed by atoms with E-state index in [0.29, 0.717) is 11.8 Å². The van der Waals surface area contributed by atoms with E-state index in [2.05, 4.69) is 5.32 Å². The van der Waals surface area contributed by atoms with Gasteiger partial charge in [0.25, 0.3) is 5.91 Å². The van der Waals surface area contributed by atoms with E-state index in [9.17, 15) is 22.8 Å². The van der Waals surface area contributed by atoms with E-state index in [0.717, 1.165) is 11.0 Å². The lowest BCUT2D eigenvalue weighted by Crippen LogP contribution is -2.30. The lowest BCUT2D eigenvalue weighted by Gasteiger charge is -2.14. The number of nitrogens with one attached hydrogen (secondary N) is 1. The summed E-state index contributed by atoms with van der Waals surface area (Å²) in [4.78, 5) is 24.7. The van der Waals surface area contributed by atoms with Crippen molar-refractivity contribution in [1.82, 2.24) is 0 Å². The summed E-state index contributed by atoms with van der Waals surface area (Å²) in [6.07, 6.45) is -1.13. The highest BCUT2D eigenvalue weighted by Crippen LogP contribution is 2.20. The fourth-order valence-electron chi connectivity index (χ4n) is 1.94. The van der Waals surface area contributed by atoms with Crippen LogP contribution < -0.4 is 5.32 Å². The van der Waals surface area contributed by atoms with Gasteiger partial charge in [-0.05, 0) is 31.2 Å². The van der Waals surface area contributed by atoms with Gasteiger partial charge in [-0.2, -0.15) is 0 Å². The number of rotatable bonds is 7. The highest BCUT2D eigenvalue weighted by atomic mass is 32.2. The second kappa shape index (κ2) is 9.28. The number of ether oxygens (including phenoxy) is 1. The van der Waals surface area contributed by atoms with Crippen LogP contribution in [0.3, 0.4) is 0 Å². The Morgan fingerprint density at radius 3 is 2.46 bits per heavy atom. The molecule has 2 aromatic rings. The van der Waals surface area contributed by atoms with Gasteiger partial charge in [-0.25, -0.2) is 13.2 Å². The molecular formula is C18H16F3NO3S. The largest absolute Gasteiger partial charge is 0.453 e. The summed E-state index contributed by atoms with van der Waals surface area (Å²) in [7, 11) is 0. The van der Waals surface area contributed by atoms with Crippen LogP contribution >= 0.6 is 11.8 Å². The summed E-state index contributed by atoms with van der Waals surface area (Å²) in [6, 6.07) is 11.0. The quantitative estimate of drug-likeness (QED) is 0.443. The average Bonchev–Trinajstić information content (AvgIpc) is 2.63. The number of halogens is 3. The number of benzene rings is 2. The molecule has 0 aliphatic heterocycles. The van der Waals surface area contributed by atoms with E-state index in [4.69, 9.17) is 4.74 Å². The minimum Gasteiger partial charge on any atom is -0.453 e. The Labute approximate surface area is 152 Å². The van der Waals surface area contributed by atoms with Crippen LogP contribution in [0.25, 0.3) is 0 Å². The minimum absolute atomic E-state index is 0.0801. The van der Waals surface area contributed by atoms with Crippen molar-refractivity contribution in [1.29, 1.82) is 0 Å². The van der Waals surface area contributed by atoms with E-state index < -0.39 is 41.1 Å². The standard InChI is InChI=1S/C18H16F3NO3S/c1-11(18(24)22-14-8-7-13(19)16(20)17(14)21)25-15(23)9-10-26-12-5-3-2-4-6-12/h2-8,11H,9-10H2,1H3,(H,22,24)/t11-/m0/s1. The summed E-state index contributed by atoms with van der Waals surface area (Å²) in [5.41, 5.74) is -0.531. The van der Waals surface area contributed by atoms with Gasteiger partial charge in [0.1, 0.15) is 0 Å². The Morgan fingerprint density at radius 2 is 1.77 bits per heavy atom. The molecule has 0 aliphatic rings. The van der Waals surface area contributed by atoms with Crippen LogP contribution in [-0.4, -0.2) is 23.7 Å². The highest BCUT2D eigenvalue weighted by Gasteiger charge is 2.21. The first kappa shape index (κ1) is 19.8. The van der Waals surface area contributed by atoms with Gasteiger partial charge in [0, 0.05) is 10.6 Å². The molecule has 0 aromatic heterocycles. The van der Waals surface area contributed by atoms with Crippen LogP contribution in [0, 0.1) is 17.5 Å². The van der Waals surface area contributed by atoms with Crippen molar-refractivity contribution in [3.63, 3.8) is 0 Å². The maximum absolute atomic E-state index is 13.5. The molecule has 0 saturated heterocycles. The van der Waals surface area contributed by atoms with Crippen molar-refractivity contribution >= 4 is 29.3 Å². The van der Waals surface area contributed by atoms with Crippen molar-refractivity contribution in [2.75, 3.05) is 11.1 Å². The van der Waals surface area contributed by atoms with Crippen LogP contribution in [0.2, 0.25) is 0 Å². The third-order valence-corrected chi connectivity index (χ3v) is 4.30. The Bertz CT molecular complexity index is 787. The molecule has 26 heavy (non-hydrogen) atoms. The number of carbonyl (C=O) groups excluding carboxylic acids is 2. The number of hydrogen-bond donors (Lipinski definition) is 1. The number of hydrogen-bond acceptors (Lipinski definition) is 4. The van der Waals surface area contributed by atoms with Crippen molar-refractivity contribution in [2.45, 2.75) is 24.3 Å². The molecule has 0 unspecified atom stereocenters. The van der Waals surface area contributed by atoms with Gasteiger partial charge in [0.05, 0.1) is 12.1 Å². The summed E-state index contributed by atoms with van der Waals surface area (Å²) in [5.74, 6) is -5.55. The highest BCUT2D eigenvalue weighted by molar-refractivity contribution is 7.99. The first-order chi connectivity index (χ1) is 12.4. The average molecular weight is 383 g/mol. The maximum atomic E-state index is 13.5. The summed E-state index contributed by atoms with van der Waals surface area (Å²) in [6.45, 7) is 1.30. The third kappa shape index (κ3) is 5.52.